The molecule has 0 radical (unpaired) electrons. The van der Waals surface area contributed by atoms with Crippen LogP contribution in [-0.2, 0) is 11.2 Å². The van der Waals surface area contributed by atoms with E-state index in [4.69, 9.17) is 5.11 Å². The third-order valence-electron chi connectivity index (χ3n) is 3.59. The summed E-state index contributed by atoms with van der Waals surface area (Å²) in [6.45, 7) is 0. The molecule has 0 fully saturated rings. The van der Waals surface area contributed by atoms with E-state index in [2.05, 4.69) is 4.98 Å². The van der Waals surface area contributed by atoms with Crippen molar-refractivity contribution in [3.05, 3.63) is 35.5 Å². The van der Waals surface area contributed by atoms with E-state index >= 15 is 0 Å². The Kier molecular flexibility index (Phi) is 4.98. The lowest BCUT2D eigenvalue weighted by molar-refractivity contribution is -0.137. The zero-order chi connectivity index (χ0) is 15.2. The number of fused-ring (bicyclic) bond motifs is 1. The highest BCUT2D eigenvalue weighted by atomic mass is 16.4. The van der Waals surface area contributed by atoms with Crippen molar-refractivity contribution < 1.29 is 19.8 Å². The van der Waals surface area contributed by atoms with Gasteiger partial charge in [0.2, 0.25) is 0 Å². The number of para-hydroxylation sites is 1. The SMILES string of the molecule is O=C(O)CCCCCCc1c(C(=O)O)[nH]c2ccccc12. The third kappa shape index (κ3) is 3.84. The fourth-order valence-corrected chi connectivity index (χ4v) is 2.57. The first-order valence-corrected chi connectivity index (χ1v) is 7.14. The van der Waals surface area contributed by atoms with E-state index in [1.54, 1.807) is 0 Å². The van der Waals surface area contributed by atoms with Gasteiger partial charge in [-0.2, -0.15) is 0 Å². The summed E-state index contributed by atoms with van der Waals surface area (Å²) in [7, 11) is 0. The molecule has 0 spiro atoms. The highest BCUT2D eigenvalue weighted by molar-refractivity contribution is 5.97. The maximum Gasteiger partial charge on any atom is 0.352 e. The highest BCUT2D eigenvalue weighted by Gasteiger charge is 2.16. The minimum absolute atomic E-state index is 0.202. The van der Waals surface area contributed by atoms with Gasteiger partial charge in [-0.3, -0.25) is 4.79 Å². The average molecular weight is 289 g/mol. The normalized spacial score (nSPS) is 10.9. The summed E-state index contributed by atoms with van der Waals surface area (Å²) >= 11 is 0. The number of carboxylic acids is 2. The van der Waals surface area contributed by atoms with Gasteiger partial charge in [0.05, 0.1) is 0 Å². The van der Waals surface area contributed by atoms with Crippen LogP contribution in [0.1, 0.15) is 48.2 Å². The average Bonchev–Trinajstić information content (AvgIpc) is 2.81. The van der Waals surface area contributed by atoms with Crippen molar-refractivity contribution in [2.24, 2.45) is 0 Å². The number of carboxylic acid groups (broad SMARTS) is 2. The quantitative estimate of drug-likeness (QED) is 0.649. The molecule has 1 aromatic heterocycles. The van der Waals surface area contributed by atoms with Crippen LogP contribution in [0.2, 0.25) is 0 Å². The maximum atomic E-state index is 11.3. The molecule has 112 valence electrons. The molecule has 21 heavy (non-hydrogen) atoms. The Hall–Kier alpha value is -2.30. The van der Waals surface area contributed by atoms with Crippen molar-refractivity contribution in [3.8, 4) is 0 Å². The van der Waals surface area contributed by atoms with Crippen molar-refractivity contribution in [1.29, 1.82) is 0 Å². The molecule has 0 saturated carbocycles. The number of nitrogens with one attached hydrogen (secondary N) is 1. The molecule has 1 heterocycles. The standard InChI is InChI=1S/C16H19NO4/c18-14(19)10-4-2-1-3-8-12-11-7-5-6-9-13(11)17-15(12)16(20)21/h5-7,9,17H,1-4,8,10H2,(H,18,19)(H,20,21). The van der Waals surface area contributed by atoms with Gasteiger partial charge >= 0.3 is 11.9 Å². The van der Waals surface area contributed by atoms with Gasteiger partial charge in [-0.1, -0.05) is 31.0 Å². The number of benzene rings is 1. The summed E-state index contributed by atoms with van der Waals surface area (Å²) in [6.07, 6.45) is 4.20. The fraction of sp³-hybridized carbons (Fsp3) is 0.375. The van der Waals surface area contributed by atoms with E-state index in [9.17, 15) is 14.7 Å². The predicted octanol–water partition coefficient (Wildman–Crippen LogP) is 3.44. The summed E-state index contributed by atoms with van der Waals surface area (Å²) in [4.78, 5) is 24.7. The van der Waals surface area contributed by atoms with Crippen LogP contribution in [0.3, 0.4) is 0 Å². The Bertz CT molecular complexity index is 645. The van der Waals surface area contributed by atoms with Crippen LogP contribution in [0.4, 0.5) is 0 Å². The second kappa shape index (κ2) is 6.92. The van der Waals surface area contributed by atoms with Crippen LogP contribution in [0, 0.1) is 0 Å². The van der Waals surface area contributed by atoms with E-state index in [1.807, 2.05) is 24.3 Å². The van der Waals surface area contributed by atoms with Gasteiger partial charge < -0.3 is 15.2 Å². The minimum atomic E-state index is -0.938. The molecule has 5 nitrogen and oxygen atoms in total. The molecular weight excluding hydrogens is 270 g/mol. The number of aromatic carboxylic acids is 1. The van der Waals surface area contributed by atoms with Gasteiger partial charge in [-0.05, 0) is 30.9 Å². The number of aromatic amines is 1. The molecule has 1 aromatic carbocycles. The molecule has 0 saturated heterocycles. The van der Waals surface area contributed by atoms with E-state index in [0.29, 0.717) is 12.8 Å². The van der Waals surface area contributed by atoms with Crippen molar-refractivity contribution in [2.75, 3.05) is 0 Å². The molecular formula is C16H19NO4. The number of H-pyrrole nitrogens is 1. The molecule has 0 amide bonds. The van der Waals surface area contributed by atoms with Crippen LogP contribution in [-0.4, -0.2) is 27.1 Å². The zero-order valence-electron chi connectivity index (χ0n) is 11.8. The van der Waals surface area contributed by atoms with Gasteiger partial charge in [0.1, 0.15) is 5.69 Å². The van der Waals surface area contributed by atoms with Crippen molar-refractivity contribution in [3.63, 3.8) is 0 Å². The Morgan fingerprint density at radius 2 is 1.71 bits per heavy atom. The number of rotatable bonds is 8. The highest BCUT2D eigenvalue weighted by Crippen LogP contribution is 2.24. The molecule has 2 aromatic rings. The summed E-state index contributed by atoms with van der Waals surface area (Å²) in [6, 6.07) is 7.58. The predicted molar refractivity (Wildman–Crippen MR) is 79.7 cm³/mol. The van der Waals surface area contributed by atoms with Gasteiger partial charge in [-0.25, -0.2) is 4.79 Å². The van der Waals surface area contributed by atoms with Crippen LogP contribution in [0.5, 0.6) is 0 Å². The van der Waals surface area contributed by atoms with Crippen molar-refractivity contribution >= 4 is 22.8 Å². The Labute approximate surface area is 122 Å². The fourth-order valence-electron chi connectivity index (χ4n) is 2.57. The second-order valence-corrected chi connectivity index (χ2v) is 5.14. The molecule has 0 atom stereocenters. The summed E-state index contributed by atoms with van der Waals surface area (Å²) in [5, 5.41) is 18.8. The number of aliphatic carboxylic acids is 1. The summed E-state index contributed by atoms with van der Waals surface area (Å²) in [5.74, 6) is -1.70. The lowest BCUT2D eigenvalue weighted by Gasteiger charge is -2.02. The lowest BCUT2D eigenvalue weighted by atomic mass is 10.0. The zero-order valence-corrected chi connectivity index (χ0v) is 11.8. The van der Waals surface area contributed by atoms with Crippen molar-refractivity contribution in [1.82, 2.24) is 4.98 Å². The monoisotopic (exact) mass is 289 g/mol. The maximum absolute atomic E-state index is 11.3. The van der Waals surface area contributed by atoms with Gasteiger partial charge in [0.15, 0.2) is 0 Å². The molecule has 0 aliphatic heterocycles. The summed E-state index contributed by atoms with van der Waals surface area (Å²) < 4.78 is 0. The van der Waals surface area contributed by atoms with Crippen LogP contribution < -0.4 is 0 Å². The Morgan fingerprint density at radius 1 is 1.00 bits per heavy atom. The molecule has 0 aliphatic rings. The molecule has 2 rings (SSSR count). The van der Waals surface area contributed by atoms with Crippen LogP contribution in [0.15, 0.2) is 24.3 Å². The van der Waals surface area contributed by atoms with Gasteiger partial charge in [0.25, 0.3) is 0 Å². The largest absolute Gasteiger partial charge is 0.481 e. The van der Waals surface area contributed by atoms with E-state index in [0.717, 1.165) is 35.7 Å². The molecule has 5 heteroatoms. The smallest absolute Gasteiger partial charge is 0.352 e. The van der Waals surface area contributed by atoms with Crippen LogP contribution in [0.25, 0.3) is 10.9 Å². The Balaban J connectivity index is 1.99. The van der Waals surface area contributed by atoms with E-state index in [-0.39, 0.29) is 12.1 Å². The number of carbonyl (C=O) groups is 2. The molecule has 3 N–H and O–H groups in total. The van der Waals surface area contributed by atoms with Crippen LogP contribution >= 0.6 is 0 Å². The second-order valence-electron chi connectivity index (χ2n) is 5.14. The molecule has 0 unspecified atom stereocenters. The number of hydrogen-bond donors (Lipinski definition) is 3. The first kappa shape index (κ1) is 15.1. The van der Waals surface area contributed by atoms with Gasteiger partial charge in [0, 0.05) is 17.3 Å². The number of unbranched alkanes of at least 4 members (excludes halogenated alkanes) is 3. The molecule has 0 bridgehead atoms. The molecule has 0 aliphatic carbocycles. The van der Waals surface area contributed by atoms with E-state index in [1.165, 1.54) is 0 Å². The third-order valence-corrected chi connectivity index (χ3v) is 3.59. The van der Waals surface area contributed by atoms with E-state index < -0.39 is 11.9 Å². The number of aromatic nitrogens is 1. The Morgan fingerprint density at radius 3 is 2.43 bits per heavy atom. The first-order valence-electron chi connectivity index (χ1n) is 7.14. The lowest BCUT2D eigenvalue weighted by Crippen LogP contribution is -2.01. The van der Waals surface area contributed by atoms with Crippen molar-refractivity contribution in [2.45, 2.75) is 38.5 Å². The topological polar surface area (TPSA) is 90.4 Å². The number of aryl methyl sites for hydroxylation is 1. The first-order chi connectivity index (χ1) is 10.1. The minimum Gasteiger partial charge on any atom is -0.481 e. The summed E-state index contributed by atoms with van der Waals surface area (Å²) in [5.41, 5.74) is 1.95. The number of hydrogen-bond acceptors (Lipinski definition) is 2. The van der Waals surface area contributed by atoms with Gasteiger partial charge in [-0.15, -0.1) is 0 Å².